The average Bonchev–Trinajstić information content (AvgIpc) is 3.04. The molecule has 1 fully saturated rings. The number of anilines is 1. The van der Waals surface area contributed by atoms with Crippen LogP contribution >= 0.6 is 30.3 Å². The van der Waals surface area contributed by atoms with Gasteiger partial charge in [-0.25, -0.2) is 14.8 Å². The van der Waals surface area contributed by atoms with Crippen molar-refractivity contribution in [3.05, 3.63) is 18.6 Å². The molecule has 9 heteroatoms. The van der Waals surface area contributed by atoms with Crippen LogP contribution in [0.5, 0.6) is 0 Å². The summed E-state index contributed by atoms with van der Waals surface area (Å²) >= 11 is 2.25. The van der Waals surface area contributed by atoms with E-state index in [4.69, 9.17) is 4.74 Å². The van der Waals surface area contributed by atoms with Crippen molar-refractivity contribution in [3.8, 4) is 0 Å². The van der Waals surface area contributed by atoms with Gasteiger partial charge in [0.05, 0.1) is 5.39 Å². The molecule has 1 aliphatic rings. The first-order valence-electron chi connectivity index (χ1n) is 9.58. The molecule has 1 amide bonds. The van der Waals surface area contributed by atoms with Crippen molar-refractivity contribution in [3.63, 3.8) is 0 Å². The largest absolute Gasteiger partial charge is 0.444 e. The van der Waals surface area contributed by atoms with Crippen molar-refractivity contribution in [1.82, 2.24) is 18.8 Å². The van der Waals surface area contributed by atoms with Gasteiger partial charge in [0.25, 0.3) is 0 Å². The van der Waals surface area contributed by atoms with Crippen LogP contribution in [-0.2, 0) is 4.74 Å². The maximum atomic E-state index is 12.6. The van der Waals surface area contributed by atoms with Crippen LogP contribution in [0.15, 0.2) is 18.6 Å². The molecule has 0 saturated carbocycles. The van der Waals surface area contributed by atoms with Crippen molar-refractivity contribution in [2.45, 2.75) is 65.1 Å². The number of hydrogen-bond donors (Lipinski definition) is 0. The van der Waals surface area contributed by atoms with E-state index in [0.717, 1.165) is 36.2 Å². The molecule has 0 spiro atoms. The molecule has 1 unspecified atom stereocenters. The lowest BCUT2D eigenvalue weighted by Gasteiger charge is -2.42. The highest BCUT2D eigenvalue weighted by Gasteiger charge is 2.33. The molecule has 0 aromatic carbocycles. The van der Waals surface area contributed by atoms with E-state index in [1.165, 1.54) is 0 Å². The van der Waals surface area contributed by atoms with Crippen molar-refractivity contribution in [1.29, 1.82) is 0 Å². The third-order valence-electron chi connectivity index (χ3n) is 4.74. The van der Waals surface area contributed by atoms with Gasteiger partial charge in [0.2, 0.25) is 0 Å². The van der Waals surface area contributed by atoms with Crippen LogP contribution in [0.4, 0.5) is 10.6 Å². The summed E-state index contributed by atoms with van der Waals surface area (Å²) in [4.78, 5) is 25.9. The number of piperidine rings is 1. The first kappa shape index (κ1) is 21.5. The lowest BCUT2D eigenvalue weighted by Crippen LogP contribution is -2.53. The lowest BCUT2D eigenvalue weighted by atomic mass is 10.0. The van der Waals surface area contributed by atoms with E-state index in [1.807, 2.05) is 35.8 Å². The van der Waals surface area contributed by atoms with Gasteiger partial charge in [-0.3, -0.25) is 3.97 Å². The number of likely N-dealkylation sites (tertiary alicyclic amines) is 1. The van der Waals surface area contributed by atoms with Crippen LogP contribution < -0.4 is 4.90 Å². The number of hydrogen-bond acceptors (Lipinski definition) is 6. The summed E-state index contributed by atoms with van der Waals surface area (Å²) in [6, 6.07) is 2.51. The molecule has 1 saturated heterocycles. The highest BCUT2D eigenvalue weighted by atomic mass is 127. The molecule has 0 N–H and O–H groups in total. The third-order valence-corrected chi connectivity index (χ3v) is 6.46. The summed E-state index contributed by atoms with van der Waals surface area (Å²) in [5.41, 5.74) is 0.426. The van der Waals surface area contributed by atoms with Crippen molar-refractivity contribution in [2.24, 2.45) is 0 Å². The molecule has 1 aliphatic heterocycles. The highest BCUT2D eigenvalue weighted by molar-refractivity contribution is 14.2. The molecule has 3 rings (SSSR count). The number of ether oxygens (including phenoxy) is 1. The quantitative estimate of drug-likeness (QED) is 0.539. The van der Waals surface area contributed by atoms with Gasteiger partial charge in [-0.15, -0.1) is 0 Å². The van der Waals surface area contributed by atoms with Crippen molar-refractivity contribution >= 4 is 53.3 Å². The van der Waals surface area contributed by atoms with E-state index < -0.39 is 5.60 Å². The predicted molar refractivity (Wildman–Crippen MR) is 123 cm³/mol. The standard InChI is InChI=1S/C19H28IN5O2S/c1-13(2)25(17-15-8-10-24(28-20)16(15)21-12-22-17)14-7-6-9-23(11-14)18(26)27-19(3,4)5/h8,10,12-14H,6-7,9,11H2,1-5H3. The second kappa shape index (κ2) is 8.64. The second-order valence-corrected chi connectivity index (χ2v) is 10.1. The molecule has 7 nitrogen and oxygen atoms in total. The average molecular weight is 517 g/mol. The fourth-order valence-electron chi connectivity index (χ4n) is 3.69. The Hall–Kier alpha value is -1.23. The minimum atomic E-state index is -0.486. The Morgan fingerprint density at radius 1 is 1.39 bits per heavy atom. The van der Waals surface area contributed by atoms with Crippen LogP contribution in [0, 0.1) is 0 Å². The number of amides is 1. The number of carbonyl (C=O) groups is 1. The number of carbonyl (C=O) groups excluding carboxylic acids is 1. The summed E-state index contributed by atoms with van der Waals surface area (Å²) in [5, 5.41) is 1.04. The van der Waals surface area contributed by atoms with E-state index in [2.05, 4.69) is 56.0 Å². The van der Waals surface area contributed by atoms with Gasteiger partial charge < -0.3 is 14.5 Å². The number of aromatic nitrogens is 3. The van der Waals surface area contributed by atoms with E-state index in [-0.39, 0.29) is 18.2 Å². The topological polar surface area (TPSA) is 63.5 Å². The lowest BCUT2D eigenvalue weighted by molar-refractivity contribution is 0.0196. The fraction of sp³-hybridized carbons (Fsp3) is 0.632. The molecule has 154 valence electrons. The molecule has 3 heterocycles. The molecule has 1 atom stereocenters. The van der Waals surface area contributed by atoms with E-state index in [1.54, 1.807) is 15.4 Å². The number of fused-ring (bicyclic) bond motifs is 1. The van der Waals surface area contributed by atoms with Gasteiger partial charge in [0, 0.05) is 61.7 Å². The molecule has 0 aliphatic carbocycles. The minimum Gasteiger partial charge on any atom is -0.444 e. The molecule has 2 aromatic rings. The van der Waals surface area contributed by atoms with Crippen LogP contribution in [0.2, 0.25) is 0 Å². The number of rotatable bonds is 4. The van der Waals surface area contributed by atoms with Gasteiger partial charge >= 0.3 is 6.09 Å². The van der Waals surface area contributed by atoms with E-state index in [9.17, 15) is 4.79 Å². The Morgan fingerprint density at radius 2 is 2.14 bits per heavy atom. The summed E-state index contributed by atoms with van der Waals surface area (Å²) in [6.07, 6.45) is 5.38. The van der Waals surface area contributed by atoms with Crippen LogP contribution in [-0.4, -0.2) is 55.7 Å². The summed E-state index contributed by atoms with van der Waals surface area (Å²) in [5.74, 6) is 0.931. The first-order valence-corrected chi connectivity index (χ1v) is 12.9. The highest BCUT2D eigenvalue weighted by Crippen LogP contribution is 2.32. The fourth-order valence-corrected chi connectivity index (χ4v) is 4.96. The van der Waals surface area contributed by atoms with Crippen LogP contribution in [0.1, 0.15) is 47.5 Å². The van der Waals surface area contributed by atoms with Gasteiger partial charge in [-0.1, -0.05) is 0 Å². The second-order valence-electron chi connectivity index (χ2n) is 8.37. The van der Waals surface area contributed by atoms with E-state index >= 15 is 0 Å². The van der Waals surface area contributed by atoms with Crippen molar-refractivity contribution in [2.75, 3.05) is 18.0 Å². The Bertz CT molecular complexity index is 835. The molecular formula is C19H28IN5O2S. The zero-order chi connectivity index (χ0) is 20.5. The first-order chi connectivity index (χ1) is 13.2. The summed E-state index contributed by atoms with van der Waals surface area (Å²) in [7, 11) is 1.59. The maximum Gasteiger partial charge on any atom is 0.410 e. The maximum absolute atomic E-state index is 12.6. The Morgan fingerprint density at radius 3 is 2.79 bits per heavy atom. The molecule has 28 heavy (non-hydrogen) atoms. The molecular weight excluding hydrogens is 489 g/mol. The minimum absolute atomic E-state index is 0.190. The Kier molecular flexibility index (Phi) is 6.63. The van der Waals surface area contributed by atoms with Gasteiger partial charge in [-0.05, 0) is 53.5 Å². The SMILES string of the molecule is CC(C)N(c1ncnc2c1ccn2SI)C1CCCN(C(=O)OC(C)(C)C)C1. The summed E-state index contributed by atoms with van der Waals surface area (Å²) in [6.45, 7) is 11.4. The van der Waals surface area contributed by atoms with Crippen LogP contribution in [0.25, 0.3) is 11.0 Å². The van der Waals surface area contributed by atoms with Gasteiger partial charge in [0.1, 0.15) is 17.7 Å². The Labute approximate surface area is 182 Å². The zero-order valence-electron chi connectivity index (χ0n) is 17.1. The van der Waals surface area contributed by atoms with Crippen molar-refractivity contribution < 1.29 is 9.53 Å². The summed E-state index contributed by atoms with van der Waals surface area (Å²) < 4.78 is 7.63. The zero-order valence-corrected chi connectivity index (χ0v) is 20.0. The predicted octanol–water partition coefficient (Wildman–Crippen LogP) is 4.89. The van der Waals surface area contributed by atoms with Gasteiger partial charge in [0.15, 0.2) is 5.65 Å². The number of halogens is 1. The van der Waals surface area contributed by atoms with E-state index in [0.29, 0.717) is 6.54 Å². The van der Waals surface area contributed by atoms with Crippen LogP contribution in [0.3, 0.4) is 0 Å². The third kappa shape index (κ3) is 4.67. The normalized spacial score (nSPS) is 18.0. The smallest absolute Gasteiger partial charge is 0.410 e. The molecule has 0 radical (unpaired) electrons. The monoisotopic (exact) mass is 517 g/mol. The Balaban J connectivity index is 1.89. The molecule has 0 bridgehead atoms. The van der Waals surface area contributed by atoms with Gasteiger partial charge in [-0.2, -0.15) is 0 Å². The number of nitrogens with zero attached hydrogens (tertiary/aromatic N) is 5. The molecule has 2 aromatic heterocycles.